The zero-order chi connectivity index (χ0) is 20.5. The summed E-state index contributed by atoms with van der Waals surface area (Å²) in [5.41, 5.74) is 4.63. The number of carbonyl (C=O) groups excluding carboxylic acids is 1. The third-order valence-corrected chi connectivity index (χ3v) is 5.52. The Labute approximate surface area is 175 Å². The van der Waals surface area contributed by atoms with Crippen molar-refractivity contribution in [2.45, 2.75) is 32.7 Å². The molecule has 0 saturated carbocycles. The smallest absolute Gasteiger partial charge is 0.242 e. The average molecular weight is 408 g/mol. The number of nitrogens with zero attached hydrogens (tertiary/aromatic N) is 3. The predicted molar refractivity (Wildman–Crippen MR) is 116 cm³/mol. The molecular weight excluding hydrogens is 386 g/mol. The summed E-state index contributed by atoms with van der Waals surface area (Å²) in [6, 6.07) is 15.6. The summed E-state index contributed by atoms with van der Waals surface area (Å²) < 4.78 is 5.27. The molecule has 1 aromatic heterocycles. The quantitative estimate of drug-likeness (QED) is 0.552. The number of carbonyl (C=O) groups is 1. The molecule has 4 rings (SSSR count). The molecule has 0 N–H and O–H groups in total. The van der Waals surface area contributed by atoms with Crippen LogP contribution >= 0.6 is 11.6 Å². The molecule has 3 aromatic rings. The highest BCUT2D eigenvalue weighted by Crippen LogP contribution is 2.37. The third kappa shape index (κ3) is 3.70. The van der Waals surface area contributed by atoms with Gasteiger partial charge in [0.05, 0.1) is 24.4 Å². The Hall–Kier alpha value is -2.92. The summed E-state index contributed by atoms with van der Waals surface area (Å²) in [4.78, 5) is 17.2. The van der Waals surface area contributed by atoms with E-state index in [2.05, 4.69) is 22.2 Å². The molecule has 1 aliphatic rings. The molecule has 0 bridgehead atoms. The number of hydrogen-bond donors (Lipinski definition) is 0. The van der Waals surface area contributed by atoms with Gasteiger partial charge in [-0.3, -0.25) is 4.79 Å². The van der Waals surface area contributed by atoms with E-state index < -0.39 is 0 Å². The summed E-state index contributed by atoms with van der Waals surface area (Å²) in [7, 11) is 1.62. The zero-order valence-electron chi connectivity index (χ0n) is 16.6. The molecule has 5 nitrogen and oxygen atoms in total. The number of hydrazone groups is 1. The van der Waals surface area contributed by atoms with Crippen molar-refractivity contribution in [3.8, 4) is 5.75 Å². The van der Waals surface area contributed by atoms with Crippen molar-refractivity contribution >= 4 is 34.1 Å². The first-order valence-corrected chi connectivity index (χ1v) is 9.98. The lowest BCUT2D eigenvalue weighted by molar-refractivity contribution is -0.132. The van der Waals surface area contributed by atoms with Crippen LogP contribution in [0, 0.1) is 6.92 Å². The summed E-state index contributed by atoms with van der Waals surface area (Å²) >= 11 is 6.57. The third-order valence-electron chi connectivity index (χ3n) is 5.22. The number of hydrogen-bond acceptors (Lipinski definition) is 4. The van der Waals surface area contributed by atoms with Gasteiger partial charge in [-0.05, 0) is 30.7 Å². The van der Waals surface area contributed by atoms with Crippen molar-refractivity contribution < 1.29 is 9.53 Å². The maximum atomic E-state index is 12.6. The van der Waals surface area contributed by atoms with Gasteiger partial charge in [0.1, 0.15) is 10.9 Å². The van der Waals surface area contributed by atoms with Gasteiger partial charge in [-0.15, -0.1) is 0 Å². The Morgan fingerprint density at radius 1 is 1.21 bits per heavy atom. The number of aromatic nitrogens is 1. The zero-order valence-corrected chi connectivity index (χ0v) is 17.4. The Balaban J connectivity index is 1.75. The minimum Gasteiger partial charge on any atom is -0.497 e. The van der Waals surface area contributed by atoms with Crippen LogP contribution in [0.3, 0.4) is 0 Å². The second kappa shape index (κ2) is 7.84. The van der Waals surface area contributed by atoms with Gasteiger partial charge < -0.3 is 4.74 Å². The molecule has 29 heavy (non-hydrogen) atoms. The Kier molecular flexibility index (Phi) is 5.24. The van der Waals surface area contributed by atoms with Gasteiger partial charge in [-0.2, -0.15) is 5.10 Å². The predicted octanol–water partition coefficient (Wildman–Crippen LogP) is 5.29. The SMILES string of the molecule is CCC(=O)N1N=C(c2ccc(C)cc2)C[C@@H]1c1cc2ccc(OC)cc2nc1Cl. The summed E-state index contributed by atoms with van der Waals surface area (Å²) in [6.45, 7) is 3.89. The number of methoxy groups -OCH3 is 1. The van der Waals surface area contributed by atoms with Gasteiger partial charge in [0.15, 0.2) is 0 Å². The van der Waals surface area contributed by atoms with E-state index in [0.717, 1.165) is 33.5 Å². The number of benzene rings is 2. The van der Waals surface area contributed by atoms with Gasteiger partial charge in [-0.25, -0.2) is 9.99 Å². The molecule has 148 valence electrons. The van der Waals surface area contributed by atoms with Gasteiger partial charge in [0, 0.05) is 29.9 Å². The van der Waals surface area contributed by atoms with E-state index in [0.29, 0.717) is 18.0 Å². The summed E-state index contributed by atoms with van der Waals surface area (Å²) in [5.74, 6) is 0.686. The molecule has 1 atom stereocenters. The molecule has 1 aliphatic heterocycles. The number of halogens is 1. The van der Waals surface area contributed by atoms with Crippen molar-refractivity contribution in [2.24, 2.45) is 5.10 Å². The van der Waals surface area contributed by atoms with Crippen LogP contribution in [0.2, 0.25) is 5.15 Å². The number of rotatable bonds is 4. The number of ether oxygens (including phenoxy) is 1. The molecule has 0 aliphatic carbocycles. The highest BCUT2D eigenvalue weighted by molar-refractivity contribution is 6.30. The maximum Gasteiger partial charge on any atom is 0.242 e. The maximum absolute atomic E-state index is 12.6. The van der Waals surface area contributed by atoms with Crippen LogP contribution in [0.25, 0.3) is 10.9 Å². The van der Waals surface area contributed by atoms with Crippen LogP contribution < -0.4 is 4.74 Å². The number of amides is 1. The standard InChI is InChI=1S/C23H22ClN3O2/c1-4-22(28)27-21(13-20(26-27)15-7-5-14(2)6-8-15)18-11-16-9-10-17(29-3)12-19(16)25-23(18)24/h5-12,21H,4,13H2,1-3H3/t21-/m1/s1. The van der Waals surface area contributed by atoms with E-state index in [9.17, 15) is 4.79 Å². The van der Waals surface area contributed by atoms with Crippen molar-refractivity contribution in [3.05, 3.63) is 70.4 Å². The highest BCUT2D eigenvalue weighted by atomic mass is 35.5. The minimum absolute atomic E-state index is 0.0389. The largest absolute Gasteiger partial charge is 0.497 e. The first-order valence-electron chi connectivity index (χ1n) is 9.61. The van der Waals surface area contributed by atoms with Crippen molar-refractivity contribution in [1.29, 1.82) is 0 Å². The van der Waals surface area contributed by atoms with Crippen LogP contribution in [-0.2, 0) is 4.79 Å². The van der Waals surface area contributed by atoms with E-state index in [1.165, 1.54) is 5.56 Å². The molecule has 2 heterocycles. The fraction of sp³-hybridized carbons (Fsp3) is 0.261. The topological polar surface area (TPSA) is 54.8 Å². The lowest BCUT2D eigenvalue weighted by atomic mass is 9.98. The monoisotopic (exact) mass is 407 g/mol. The molecule has 0 unspecified atom stereocenters. The lowest BCUT2D eigenvalue weighted by Gasteiger charge is -2.22. The number of fused-ring (bicyclic) bond motifs is 1. The summed E-state index contributed by atoms with van der Waals surface area (Å²) in [6.07, 6.45) is 0.967. The molecule has 0 radical (unpaired) electrons. The lowest BCUT2D eigenvalue weighted by Crippen LogP contribution is -2.26. The first kappa shape index (κ1) is 19.4. The van der Waals surface area contributed by atoms with Gasteiger partial charge in [0.25, 0.3) is 0 Å². The van der Waals surface area contributed by atoms with E-state index in [4.69, 9.17) is 16.3 Å². The molecule has 0 saturated heterocycles. The molecule has 6 heteroatoms. The summed E-state index contributed by atoms with van der Waals surface area (Å²) in [5, 5.41) is 7.54. The fourth-order valence-corrected chi connectivity index (χ4v) is 3.84. The van der Waals surface area contributed by atoms with E-state index in [-0.39, 0.29) is 11.9 Å². The van der Waals surface area contributed by atoms with Gasteiger partial charge in [0.2, 0.25) is 5.91 Å². The molecule has 1 amide bonds. The molecule has 2 aromatic carbocycles. The second-order valence-electron chi connectivity index (χ2n) is 7.15. The van der Waals surface area contributed by atoms with E-state index >= 15 is 0 Å². The first-order chi connectivity index (χ1) is 14.0. The molecule has 0 spiro atoms. The van der Waals surface area contributed by atoms with Crippen LogP contribution in [-0.4, -0.2) is 28.7 Å². The van der Waals surface area contributed by atoms with Crippen molar-refractivity contribution in [3.63, 3.8) is 0 Å². The number of aryl methyl sites for hydroxylation is 1. The van der Waals surface area contributed by atoms with Crippen molar-refractivity contribution in [2.75, 3.05) is 7.11 Å². The Morgan fingerprint density at radius 3 is 2.66 bits per heavy atom. The Morgan fingerprint density at radius 2 is 1.97 bits per heavy atom. The minimum atomic E-state index is -0.273. The fourth-order valence-electron chi connectivity index (χ4n) is 3.57. The van der Waals surface area contributed by atoms with Crippen LogP contribution in [0.1, 0.15) is 42.5 Å². The van der Waals surface area contributed by atoms with Crippen LogP contribution in [0.5, 0.6) is 5.75 Å². The average Bonchev–Trinajstić information content (AvgIpc) is 3.17. The second-order valence-corrected chi connectivity index (χ2v) is 7.51. The van der Waals surface area contributed by atoms with Crippen LogP contribution in [0.4, 0.5) is 0 Å². The highest BCUT2D eigenvalue weighted by Gasteiger charge is 2.34. The van der Waals surface area contributed by atoms with Gasteiger partial charge >= 0.3 is 0 Å². The molecule has 0 fully saturated rings. The van der Waals surface area contributed by atoms with E-state index in [1.54, 1.807) is 12.1 Å². The Bertz CT molecular complexity index is 1110. The van der Waals surface area contributed by atoms with Crippen LogP contribution in [0.15, 0.2) is 53.6 Å². The van der Waals surface area contributed by atoms with Crippen molar-refractivity contribution in [1.82, 2.24) is 9.99 Å². The van der Waals surface area contributed by atoms with E-state index in [1.807, 2.05) is 50.2 Å². The normalized spacial score (nSPS) is 16.2. The number of pyridine rings is 1. The van der Waals surface area contributed by atoms with Gasteiger partial charge in [-0.1, -0.05) is 48.4 Å². The molecular formula is C23H22ClN3O2.